The van der Waals surface area contributed by atoms with Crippen molar-refractivity contribution in [3.8, 4) is 17.4 Å². The quantitative estimate of drug-likeness (QED) is 0.488. The summed E-state index contributed by atoms with van der Waals surface area (Å²) in [6.45, 7) is -0.382. The van der Waals surface area contributed by atoms with E-state index in [4.69, 9.17) is 21.3 Å². The van der Waals surface area contributed by atoms with Crippen LogP contribution in [0.4, 0.5) is 5.69 Å². The topological polar surface area (TPSA) is 106 Å². The highest BCUT2D eigenvalue weighted by Gasteiger charge is 2.17. The number of furan rings is 1. The minimum atomic E-state index is -0.777. The first-order valence-electron chi connectivity index (χ1n) is 5.61. The summed E-state index contributed by atoms with van der Waals surface area (Å²) < 4.78 is 9.86. The second-order valence-corrected chi connectivity index (χ2v) is 4.23. The van der Waals surface area contributed by atoms with Crippen LogP contribution in [0.5, 0.6) is 0 Å². The van der Waals surface area contributed by atoms with E-state index in [1.165, 1.54) is 30.3 Å². The number of carbonyl (C=O) groups is 1. The van der Waals surface area contributed by atoms with E-state index in [1.54, 1.807) is 6.07 Å². The molecule has 1 aromatic heterocycles. The van der Waals surface area contributed by atoms with Gasteiger partial charge in [0.05, 0.1) is 9.95 Å². The first-order valence-corrected chi connectivity index (χ1v) is 5.99. The molecule has 1 aromatic carbocycles. The number of benzene rings is 1. The molecule has 0 unspecified atom stereocenters. The van der Waals surface area contributed by atoms with Crippen molar-refractivity contribution < 1.29 is 18.9 Å². The average molecular weight is 307 g/mol. The molecule has 2 rings (SSSR count). The molecule has 0 saturated heterocycles. The van der Waals surface area contributed by atoms with E-state index in [2.05, 4.69) is 4.74 Å². The number of nitrogens with zero attached hydrogens (tertiary/aromatic N) is 2. The summed E-state index contributed by atoms with van der Waals surface area (Å²) in [5.41, 5.74) is 0.255. The van der Waals surface area contributed by atoms with Gasteiger partial charge in [-0.2, -0.15) is 5.26 Å². The van der Waals surface area contributed by atoms with Crippen LogP contribution in [0.15, 0.2) is 34.7 Å². The van der Waals surface area contributed by atoms with Gasteiger partial charge in [-0.05, 0) is 18.2 Å². The molecule has 106 valence electrons. The van der Waals surface area contributed by atoms with E-state index < -0.39 is 10.9 Å². The summed E-state index contributed by atoms with van der Waals surface area (Å²) >= 11 is 5.96. The summed E-state index contributed by atoms with van der Waals surface area (Å²) in [5.74, 6) is -0.602. The summed E-state index contributed by atoms with van der Waals surface area (Å²) in [5, 5.41) is 19.1. The van der Waals surface area contributed by atoms with E-state index in [9.17, 15) is 14.9 Å². The number of nitro groups is 1. The second kappa shape index (κ2) is 6.07. The molecule has 0 aliphatic rings. The molecule has 0 N–H and O–H groups in total. The Hall–Kier alpha value is -2.85. The van der Waals surface area contributed by atoms with Crippen LogP contribution in [-0.2, 0) is 4.74 Å². The lowest BCUT2D eigenvalue weighted by atomic mass is 10.1. The number of hydrogen-bond donors (Lipinski definition) is 0. The van der Waals surface area contributed by atoms with Crippen LogP contribution in [0.25, 0.3) is 11.3 Å². The van der Waals surface area contributed by atoms with E-state index in [0.29, 0.717) is 5.56 Å². The molecular weight excluding hydrogens is 300 g/mol. The molecule has 7 nitrogen and oxygen atoms in total. The Morgan fingerprint density at radius 3 is 2.81 bits per heavy atom. The maximum Gasteiger partial charge on any atom is 0.375 e. The number of nitriles is 1. The normalized spacial score (nSPS) is 9.90. The zero-order chi connectivity index (χ0) is 15.4. The fraction of sp³-hybridized carbons (Fsp3) is 0.0769. The molecule has 0 bridgehead atoms. The van der Waals surface area contributed by atoms with Gasteiger partial charge in [0, 0.05) is 17.7 Å². The predicted molar refractivity (Wildman–Crippen MR) is 71.7 cm³/mol. The number of carbonyl (C=O) groups excluding carboxylic acids is 1. The average Bonchev–Trinajstić information content (AvgIpc) is 2.94. The van der Waals surface area contributed by atoms with Crippen LogP contribution >= 0.6 is 11.6 Å². The molecule has 2 aromatic rings. The zero-order valence-corrected chi connectivity index (χ0v) is 11.2. The Morgan fingerprint density at radius 1 is 1.43 bits per heavy atom. The Balaban J connectivity index is 2.28. The third-order valence-corrected chi connectivity index (χ3v) is 2.82. The molecule has 0 saturated carbocycles. The van der Waals surface area contributed by atoms with Crippen molar-refractivity contribution in [3.05, 3.63) is 51.2 Å². The molecule has 0 amide bonds. The highest BCUT2D eigenvalue weighted by Crippen LogP contribution is 2.32. The molecule has 21 heavy (non-hydrogen) atoms. The van der Waals surface area contributed by atoms with Crippen LogP contribution in [0.2, 0.25) is 5.02 Å². The maximum atomic E-state index is 11.5. The second-order valence-electron chi connectivity index (χ2n) is 3.82. The lowest BCUT2D eigenvalue weighted by Gasteiger charge is -2.01. The van der Waals surface area contributed by atoms with Crippen molar-refractivity contribution in [2.45, 2.75) is 0 Å². The standard InChI is InChI=1S/C13H7ClN2O5/c14-10-7-8(16(18)19)1-2-9(10)11-3-4-12(21-11)13(17)20-6-5-15/h1-4,7H,6H2. The van der Waals surface area contributed by atoms with E-state index in [-0.39, 0.29) is 28.8 Å². The van der Waals surface area contributed by atoms with Crippen molar-refractivity contribution >= 4 is 23.3 Å². The number of non-ortho nitro benzene ring substituents is 1. The fourth-order valence-corrected chi connectivity index (χ4v) is 1.85. The molecule has 0 spiro atoms. The van der Waals surface area contributed by atoms with Crippen LogP contribution in [-0.4, -0.2) is 17.5 Å². The third kappa shape index (κ3) is 3.19. The van der Waals surface area contributed by atoms with Crippen molar-refractivity contribution in [1.29, 1.82) is 5.26 Å². The lowest BCUT2D eigenvalue weighted by molar-refractivity contribution is -0.384. The number of esters is 1. The summed E-state index contributed by atoms with van der Waals surface area (Å²) in [6.07, 6.45) is 0. The van der Waals surface area contributed by atoms with Crippen molar-refractivity contribution in [1.82, 2.24) is 0 Å². The minimum Gasteiger partial charge on any atom is -0.449 e. The summed E-state index contributed by atoms with van der Waals surface area (Å²) in [7, 11) is 0. The molecule has 1 heterocycles. The SMILES string of the molecule is N#CCOC(=O)c1ccc(-c2ccc([N+](=O)[O-])cc2Cl)o1. The molecule has 0 radical (unpaired) electrons. The van der Waals surface area contributed by atoms with Gasteiger partial charge in [0.1, 0.15) is 11.8 Å². The molecule has 0 atom stereocenters. The van der Waals surface area contributed by atoms with Gasteiger partial charge in [-0.15, -0.1) is 0 Å². The van der Waals surface area contributed by atoms with E-state index >= 15 is 0 Å². The number of nitro benzene ring substituents is 1. The number of rotatable bonds is 4. The van der Waals surface area contributed by atoms with Gasteiger partial charge in [0.25, 0.3) is 5.69 Å². The molecule has 0 fully saturated rings. The fourth-order valence-electron chi connectivity index (χ4n) is 1.58. The molecule has 0 aliphatic carbocycles. The van der Waals surface area contributed by atoms with Crippen LogP contribution in [0.3, 0.4) is 0 Å². The van der Waals surface area contributed by atoms with Crippen LogP contribution in [0, 0.1) is 21.4 Å². The highest BCUT2D eigenvalue weighted by molar-refractivity contribution is 6.33. The van der Waals surface area contributed by atoms with Crippen molar-refractivity contribution in [2.24, 2.45) is 0 Å². The number of hydrogen-bond acceptors (Lipinski definition) is 6. The van der Waals surface area contributed by atoms with Crippen molar-refractivity contribution in [3.63, 3.8) is 0 Å². The van der Waals surface area contributed by atoms with Crippen LogP contribution in [0.1, 0.15) is 10.6 Å². The van der Waals surface area contributed by atoms with E-state index in [0.717, 1.165) is 0 Å². The summed E-state index contributed by atoms with van der Waals surface area (Å²) in [6, 6.07) is 8.40. The molecule has 0 aliphatic heterocycles. The van der Waals surface area contributed by atoms with Gasteiger partial charge in [-0.25, -0.2) is 4.79 Å². The van der Waals surface area contributed by atoms with Crippen LogP contribution < -0.4 is 0 Å². The first-order chi connectivity index (χ1) is 10.0. The van der Waals surface area contributed by atoms with Gasteiger partial charge < -0.3 is 9.15 Å². The molecule has 8 heteroatoms. The van der Waals surface area contributed by atoms with Crippen molar-refractivity contribution in [2.75, 3.05) is 6.61 Å². The Labute approximate surface area is 123 Å². The minimum absolute atomic E-state index is 0.0883. The smallest absolute Gasteiger partial charge is 0.375 e. The number of ether oxygens (including phenoxy) is 1. The Kier molecular flexibility index (Phi) is 4.21. The summed E-state index contributed by atoms with van der Waals surface area (Å²) in [4.78, 5) is 21.6. The largest absolute Gasteiger partial charge is 0.449 e. The monoisotopic (exact) mass is 306 g/mol. The maximum absolute atomic E-state index is 11.5. The number of halogens is 1. The van der Waals surface area contributed by atoms with Gasteiger partial charge >= 0.3 is 5.97 Å². The van der Waals surface area contributed by atoms with Gasteiger partial charge in [0.15, 0.2) is 6.61 Å². The Bertz CT molecular complexity index is 747. The Morgan fingerprint density at radius 2 is 2.19 bits per heavy atom. The molecular formula is C13H7ClN2O5. The first kappa shape index (κ1) is 14.6. The van der Waals surface area contributed by atoms with Gasteiger partial charge in [-0.1, -0.05) is 11.6 Å². The van der Waals surface area contributed by atoms with E-state index in [1.807, 2.05) is 0 Å². The predicted octanol–water partition coefficient (Wildman–Crippen LogP) is 3.19. The zero-order valence-electron chi connectivity index (χ0n) is 10.4. The third-order valence-electron chi connectivity index (χ3n) is 2.50. The van der Waals surface area contributed by atoms with Gasteiger partial charge in [-0.3, -0.25) is 10.1 Å². The van der Waals surface area contributed by atoms with Gasteiger partial charge in [0.2, 0.25) is 5.76 Å². The lowest BCUT2D eigenvalue weighted by Crippen LogP contribution is -2.03. The highest BCUT2D eigenvalue weighted by atomic mass is 35.5.